The van der Waals surface area contributed by atoms with Gasteiger partial charge in [0.1, 0.15) is 17.5 Å². The van der Waals surface area contributed by atoms with Crippen molar-refractivity contribution >= 4 is 75.6 Å². The number of hydrogen-bond donors (Lipinski definition) is 4. The third-order valence-corrected chi connectivity index (χ3v) is 11.0. The Balaban J connectivity index is 0.776. The van der Waals surface area contributed by atoms with E-state index in [1.54, 1.807) is 60.4 Å². The number of amides is 6. The molecule has 19 heteroatoms. The molecule has 8 rings (SSSR count). The molecule has 6 amide bonds. The number of aryl methyl sites for hydroxylation is 1. The van der Waals surface area contributed by atoms with Gasteiger partial charge in [-0.05, 0) is 55.7 Å². The van der Waals surface area contributed by atoms with Crippen molar-refractivity contribution in [2.75, 3.05) is 53.5 Å². The Hall–Kier alpha value is -7.70. The van der Waals surface area contributed by atoms with Crippen LogP contribution in [0.4, 0.5) is 40.2 Å². The number of nitrogens with zero attached hydrogens (tertiary/aromatic N) is 8. The number of imide groups is 2. The Morgan fingerprint density at radius 2 is 1.71 bits per heavy atom. The molecule has 19 nitrogen and oxygen atoms in total. The van der Waals surface area contributed by atoms with E-state index in [2.05, 4.69) is 36.6 Å². The van der Waals surface area contributed by atoms with Crippen molar-refractivity contribution in [2.45, 2.75) is 57.5 Å². The minimum atomic E-state index is -1.03. The highest BCUT2D eigenvalue weighted by atomic mass is 16.5. The maximum atomic E-state index is 13.4. The van der Waals surface area contributed by atoms with Gasteiger partial charge in [0, 0.05) is 70.1 Å². The van der Waals surface area contributed by atoms with Crippen molar-refractivity contribution in [2.24, 2.45) is 0 Å². The monoisotopic (exact) mass is 840 g/mol. The fraction of sp³-hybridized carbons (Fsp3) is 0.302. The van der Waals surface area contributed by atoms with Crippen LogP contribution >= 0.6 is 0 Å². The van der Waals surface area contributed by atoms with Gasteiger partial charge in [-0.2, -0.15) is 4.98 Å². The second-order valence-corrected chi connectivity index (χ2v) is 15.1. The first kappa shape index (κ1) is 41.1. The number of benzene rings is 3. The van der Waals surface area contributed by atoms with E-state index in [-0.39, 0.29) is 35.8 Å². The van der Waals surface area contributed by atoms with Gasteiger partial charge >= 0.3 is 0 Å². The number of methoxy groups -OCH3 is 1. The predicted molar refractivity (Wildman–Crippen MR) is 228 cm³/mol. The number of anilines is 7. The molecule has 2 aromatic heterocycles. The van der Waals surface area contributed by atoms with Gasteiger partial charge in [-0.25, -0.2) is 4.98 Å². The lowest BCUT2D eigenvalue weighted by Gasteiger charge is -2.27. The molecular formula is C43H44N12O7. The van der Waals surface area contributed by atoms with Gasteiger partial charge in [0.15, 0.2) is 5.82 Å². The van der Waals surface area contributed by atoms with E-state index in [4.69, 9.17) is 9.72 Å². The Kier molecular flexibility index (Phi) is 11.6. The average molecular weight is 841 g/mol. The normalized spacial score (nSPS) is 15.8. The number of aromatic nitrogens is 5. The molecule has 62 heavy (non-hydrogen) atoms. The van der Waals surface area contributed by atoms with E-state index >= 15 is 0 Å². The molecule has 1 unspecified atom stereocenters. The number of carbonyl (C=O) groups excluding carboxylic acids is 6. The number of rotatable bonds is 15. The molecule has 0 spiro atoms. The van der Waals surface area contributed by atoms with Crippen molar-refractivity contribution in [1.29, 1.82) is 0 Å². The van der Waals surface area contributed by atoms with Crippen LogP contribution in [0, 0.1) is 0 Å². The van der Waals surface area contributed by atoms with Crippen LogP contribution in [0.25, 0.3) is 0 Å². The first-order valence-corrected chi connectivity index (χ1v) is 20.2. The predicted octanol–water partition coefficient (Wildman–Crippen LogP) is 4.43. The number of piperidine rings is 1. The number of nitrogens with one attached hydrogen (secondary N) is 4. The van der Waals surface area contributed by atoms with Gasteiger partial charge in [-0.1, -0.05) is 29.8 Å². The third-order valence-electron chi connectivity index (χ3n) is 11.0. The largest absolute Gasteiger partial charge is 0.494 e. The van der Waals surface area contributed by atoms with Crippen LogP contribution in [0.3, 0.4) is 0 Å². The lowest BCUT2D eigenvalue weighted by Crippen LogP contribution is -2.54. The summed E-state index contributed by atoms with van der Waals surface area (Å²) in [4.78, 5) is 90.1. The number of unbranched alkanes of at least 4 members (excludes halogenated alkanes) is 2. The van der Waals surface area contributed by atoms with Crippen LogP contribution in [0.1, 0.15) is 75.3 Å². The van der Waals surface area contributed by atoms with Gasteiger partial charge < -0.3 is 30.5 Å². The van der Waals surface area contributed by atoms with E-state index in [0.29, 0.717) is 78.2 Å². The quantitative estimate of drug-likeness (QED) is 0.0846. The van der Waals surface area contributed by atoms with Gasteiger partial charge in [0.05, 0.1) is 47.1 Å². The summed E-state index contributed by atoms with van der Waals surface area (Å²) in [5.74, 6) is -1.16. The second-order valence-electron chi connectivity index (χ2n) is 15.1. The van der Waals surface area contributed by atoms with Gasteiger partial charge in [-0.15, -0.1) is 5.10 Å². The first-order valence-electron chi connectivity index (χ1n) is 20.2. The van der Waals surface area contributed by atoms with Crippen molar-refractivity contribution < 1.29 is 33.5 Å². The molecule has 318 valence electrons. The molecule has 1 fully saturated rings. The van der Waals surface area contributed by atoms with Crippen LogP contribution in [-0.4, -0.2) is 99.1 Å². The van der Waals surface area contributed by atoms with Crippen molar-refractivity contribution in [3.05, 3.63) is 95.4 Å². The third kappa shape index (κ3) is 8.23. The molecule has 0 saturated carbocycles. The van der Waals surface area contributed by atoms with Crippen LogP contribution in [0.5, 0.6) is 5.75 Å². The maximum absolute atomic E-state index is 13.4. The summed E-state index contributed by atoms with van der Waals surface area (Å²) in [7, 11) is 5.09. The standard InChI is InChI=1S/C43H44N12O7/c1-52-31-13-7-6-10-27(31)40(59)53(2)33-23-45-43(49-38(33)52)47-29-16-15-25(22-34(29)62-3)46-35(56)14-5-4-8-21-54-24-26(50-51-54)19-20-44-30-12-9-11-28-37(30)42(61)55(41(28)60)32-17-18-36(57)48-39(32)58/h6-7,9-13,15-16,22-24,32,44H,4-5,8,14,17-21H2,1-3H3,(H,46,56)(H,45,47,49)(H,48,57,58). The summed E-state index contributed by atoms with van der Waals surface area (Å²) < 4.78 is 7.38. The number of fused-ring (bicyclic) bond motifs is 3. The number of ether oxygens (including phenoxy) is 1. The lowest BCUT2D eigenvalue weighted by molar-refractivity contribution is -0.136. The number of para-hydroxylation sites is 1. The van der Waals surface area contributed by atoms with E-state index in [9.17, 15) is 28.8 Å². The van der Waals surface area contributed by atoms with Gasteiger partial charge in [0.25, 0.3) is 17.7 Å². The summed E-state index contributed by atoms with van der Waals surface area (Å²) >= 11 is 0. The Morgan fingerprint density at radius 3 is 2.53 bits per heavy atom. The molecular weight excluding hydrogens is 797 g/mol. The fourth-order valence-corrected chi connectivity index (χ4v) is 7.76. The van der Waals surface area contributed by atoms with Crippen LogP contribution in [-0.2, 0) is 27.3 Å². The summed E-state index contributed by atoms with van der Waals surface area (Å²) in [5.41, 5.74) is 4.65. The molecule has 3 aliphatic rings. The summed E-state index contributed by atoms with van der Waals surface area (Å²) in [6.07, 6.45) is 6.68. The smallest absolute Gasteiger partial charge is 0.264 e. The zero-order valence-corrected chi connectivity index (χ0v) is 34.3. The highest BCUT2D eigenvalue weighted by Gasteiger charge is 2.45. The summed E-state index contributed by atoms with van der Waals surface area (Å²) in [6, 6.07) is 16.5. The van der Waals surface area contributed by atoms with E-state index in [0.717, 1.165) is 29.1 Å². The molecule has 5 aromatic rings. The fourth-order valence-electron chi connectivity index (χ4n) is 7.76. The summed E-state index contributed by atoms with van der Waals surface area (Å²) in [6.45, 7) is 1.03. The van der Waals surface area contributed by atoms with Crippen LogP contribution < -0.4 is 35.8 Å². The molecule has 0 bridgehead atoms. The van der Waals surface area contributed by atoms with Crippen LogP contribution in [0.15, 0.2) is 73.1 Å². The first-order chi connectivity index (χ1) is 30.0. The van der Waals surface area contributed by atoms with E-state index in [1.807, 2.05) is 36.3 Å². The highest BCUT2D eigenvalue weighted by molar-refractivity contribution is 6.25. The average Bonchev–Trinajstić information content (AvgIpc) is 3.81. The zero-order valence-electron chi connectivity index (χ0n) is 34.3. The number of hydrogen-bond acceptors (Lipinski definition) is 14. The van der Waals surface area contributed by atoms with Crippen LogP contribution in [0.2, 0.25) is 0 Å². The second kappa shape index (κ2) is 17.5. The van der Waals surface area contributed by atoms with Crippen molar-refractivity contribution in [3.63, 3.8) is 0 Å². The molecule has 0 radical (unpaired) electrons. The van der Waals surface area contributed by atoms with Gasteiger partial charge in [0.2, 0.25) is 23.7 Å². The Bertz CT molecular complexity index is 2610. The maximum Gasteiger partial charge on any atom is 0.264 e. The number of carbonyl (C=O) groups is 6. The minimum Gasteiger partial charge on any atom is -0.494 e. The summed E-state index contributed by atoms with van der Waals surface area (Å²) in [5, 5.41) is 20.1. The molecule has 3 aromatic carbocycles. The molecule has 3 aliphatic heterocycles. The molecule has 1 atom stereocenters. The highest BCUT2D eigenvalue weighted by Crippen LogP contribution is 2.39. The van der Waals surface area contributed by atoms with Gasteiger partial charge in [-0.3, -0.25) is 43.7 Å². The van der Waals surface area contributed by atoms with E-state index < -0.39 is 29.7 Å². The Labute approximate surface area is 355 Å². The SMILES string of the molecule is COc1cc(NC(=O)CCCCCn2cc(CCNc3cccc4c3C(=O)N(C3CCC(=O)NC3=O)C4=O)nn2)ccc1Nc1ncc2c(n1)N(C)c1ccccc1C(=O)N2C. The zero-order chi connectivity index (χ0) is 43.5. The minimum absolute atomic E-state index is 0.0508. The molecule has 0 aliphatic carbocycles. The van der Waals surface area contributed by atoms with E-state index in [1.165, 1.54) is 12.0 Å². The molecule has 1 saturated heterocycles. The van der Waals surface area contributed by atoms with Crippen molar-refractivity contribution in [1.82, 2.24) is 35.2 Å². The molecule has 4 N–H and O–H groups in total. The topological polar surface area (TPSA) is 226 Å². The molecule has 5 heterocycles. The lowest BCUT2D eigenvalue weighted by atomic mass is 10.0. The Morgan fingerprint density at radius 1 is 0.887 bits per heavy atom. The van der Waals surface area contributed by atoms with Crippen molar-refractivity contribution in [3.8, 4) is 5.75 Å².